The highest BCUT2D eigenvalue weighted by Crippen LogP contribution is 2.32. The number of ether oxygens (including phenoxy) is 1. The average Bonchev–Trinajstić information content (AvgIpc) is 2.65. The summed E-state index contributed by atoms with van der Waals surface area (Å²) in [5, 5.41) is 12.2. The van der Waals surface area contributed by atoms with Crippen molar-refractivity contribution in [1.29, 1.82) is 0 Å². The van der Waals surface area contributed by atoms with Gasteiger partial charge in [0.2, 0.25) is 0 Å². The maximum Gasteiger partial charge on any atom is 0.0932 e. The molecule has 78 valence electrons. The summed E-state index contributed by atoms with van der Waals surface area (Å²) in [6.45, 7) is 3.62. The maximum absolute atomic E-state index is 10.1. The fraction of sp³-hybridized carbons (Fsp3) is 0.636. The second kappa shape index (κ2) is 4.43. The van der Waals surface area contributed by atoms with Crippen LogP contribution in [0.15, 0.2) is 11.4 Å². The molecule has 0 saturated carbocycles. The van der Waals surface area contributed by atoms with Crippen LogP contribution >= 0.6 is 11.3 Å². The molecule has 1 fully saturated rings. The predicted octanol–water partition coefficient (Wildman–Crippen LogP) is 2.52. The number of rotatable bonds is 2. The molecule has 0 radical (unpaired) electrons. The Labute approximate surface area is 88.5 Å². The number of hydrogen-bond acceptors (Lipinski definition) is 3. The molecule has 0 aliphatic carbocycles. The summed E-state index contributed by atoms with van der Waals surface area (Å²) in [5.41, 5.74) is 1.24. The molecule has 0 aromatic carbocycles. The van der Waals surface area contributed by atoms with Crippen LogP contribution in [-0.4, -0.2) is 18.3 Å². The zero-order chi connectivity index (χ0) is 9.97. The summed E-state index contributed by atoms with van der Waals surface area (Å²) in [4.78, 5) is 1.08. The van der Waals surface area contributed by atoms with E-state index in [-0.39, 0.29) is 6.10 Å². The highest BCUT2D eigenvalue weighted by Gasteiger charge is 2.24. The number of aliphatic hydroxyl groups excluding tert-OH is 1. The van der Waals surface area contributed by atoms with E-state index in [9.17, 15) is 5.11 Å². The molecule has 1 aromatic rings. The third-order valence-corrected chi connectivity index (χ3v) is 3.81. The Hall–Kier alpha value is -0.380. The third-order valence-electron chi connectivity index (χ3n) is 2.68. The van der Waals surface area contributed by atoms with Crippen molar-refractivity contribution in [2.45, 2.75) is 25.9 Å². The second-order valence-electron chi connectivity index (χ2n) is 3.95. The van der Waals surface area contributed by atoms with Gasteiger partial charge in [0, 0.05) is 17.4 Å². The molecule has 2 rings (SSSR count). The predicted molar refractivity (Wildman–Crippen MR) is 57.6 cm³/mol. The Bertz CT molecular complexity index is 289. The molecule has 0 bridgehead atoms. The average molecular weight is 212 g/mol. The number of aryl methyl sites for hydroxylation is 1. The molecule has 3 heteroatoms. The van der Waals surface area contributed by atoms with E-state index in [1.807, 2.05) is 0 Å². The molecule has 1 aliphatic rings. The second-order valence-corrected chi connectivity index (χ2v) is 4.89. The number of hydrogen-bond donors (Lipinski definition) is 1. The standard InChI is InChI=1S/C11H16O2S/c1-8-5-10(14-7-8)11(12)9-3-2-4-13-6-9/h5,7,9,11-12H,2-4,6H2,1H3. The van der Waals surface area contributed by atoms with Gasteiger partial charge in [-0.3, -0.25) is 0 Å². The first-order chi connectivity index (χ1) is 6.77. The van der Waals surface area contributed by atoms with Crippen LogP contribution in [0.3, 0.4) is 0 Å². The lowest BCUT2D eigenvalue weighted by atomic mass is 9.95. The van der Waals surface area contributed by atoms with Crippen molar-refractivity contribution in [3.8, 4) is 0 Å². The van der Waals surface area contributed by atoms with Gasteiger partial charge in [0.25, 0.3) is 0 Å². The third kappa shape index (κ3) is 2.16. The van der Waals surface area contributed by atoms with Crippen LogP contribution in [0.5, 0.6) is 0 Å². The molecule has 2 heterocycles. The SMILES string of the molecule is Cc1csc(C(O)C2CCCOC2)c1. The van der Waals surface area contributed by atoms with Gasteiger partial charge in [-0.15, -0.1) is 11.3 Å². The van der Waals surface area contributed by atoms with Crippen LogP contribution in [0.4, 0.5) is 0 Å². The van der Waals surface area contributed by atoms with Crippen LogP contribution < -0.4 is 0 Å². The van der Waals surface area contributed by atoms with Crippen molar-refractivity contribution in [1.82, 2.24) is 0 Å². The van der Waals surface area contributed by atoms with Gasteiger partial charge in [-0.25, -0.2) is 0 Å². The van der Waals surface area contributed by atoms with Gasteiger partial charge in [0.15, 0.2) is 0 Å². The summed E-state index contributed by atoms with van der Waals surface area (Å²) in [6, 6.07) is 2.07. The highest BCUT2D eigenvalue weighted by molar-refractivity contribution is 7.10. The van der Waals surface area contributed by atoms with Gasteiger partial charge in [-0.2, -0.15) is 0 Å². The molecular weight excluding hydrogens is 196 g/mol. The minimum atomic E-state index is -0.325. The number of aliphatic hydroxyl groups is 1. The zero-order valence-electron chi connectivity index (χ0n) is 8.40. The molecule has 1 saturated heterocycles. The van der Waals surface area contributed by atoms with E-state index < -0.39 is 0 Å². The van der Waals surface area contributed by atoms with Crippen molar-refractivity contribution in [3.63, 3.8) is 0 Å². The van der Waals surface area contributed by atoms with E-state index in [1.54, 1.807) is 11.3 Å². The van der Waals surface area contributed by atoms with Gasteiger partial charge < -0.3 is 9.84 Å². The van der Waals surface area contributed by atoms with Gasteiger partial charge >= 0.3 is 0 Å². The van der Waals surface area contributed by atoms with E-state index in [0.717, 1.165) is 24.3 Å². The minimum absolute atomic E-state index is 0.293. The smallest absolute Gasteiger partial charge is 0.0932 e. The summed E-state index contributed by atoms with van der Waals surface area (Å²) in [5.74, 6) is 0.293. The zero-order valence-corrected chi connectivity index (χ0v) is 9.22. The lowest BCUT2D eigenvalue weighted by Gasteiger charge is -2.25. The summed E-state index contributed by atoms with van der Waals surface area (Å²) in [7, 11) is 0. The number of thiophene rings is 1. The molecule has 2 atom stereocenters. The van der Waals surface area contributed by atoms with Crippen molar-refractivity contribution in [2.75, 3.05) is 13.2 Å². The first-order valence-electron chi connectivity index (χ1n) is 5.08. The van der Waals surface area contributed by atoms with E-state index in [0.29, 0.717) is 12.5 Å². The maximum atomic E-state index is 10.1. The first-order valence-corrected chi connectivity index (χ1v) is 5.96. The Morgan fingerprint density at radius 3 is 3.07 bits per heavy atom. The lowest BCUT2D eigenvalue weighted by Crippen LogP contribution is -2.23. The quantitative estimate of drug-likeness (QED) is 0.816. The molecule has 2 unspecified atom stereocenters. The molecule has 0 spiro atoms. The molecule has 1 aromatic heterocycles. The fourth-order valence-electron chi connectivity index (χ4n) is 1.86. The van der Waals surface area contributed by atoms with Crippen molar-refractivity contribution in [3.05, 3.63) is 21.9 Å². The van der Waals surface area contributed by atoms with Gasteiger partial charge in [0.1, 0.15) is 0 Å². The Balaban J connectivity index is 2.03. The van der Waals surface area contributed by atoms with Gasteiger partial charge in [0.05, 0.1) is 12.7 Å². The van der Waals surface area contributed by atoms with E-state index in [1.165, 1.54) is 5.56 Å². The molecule has 1 aliphatic heterocycles. The Morgan fingerprint density at radius 2 is 2.50 bits per heavy atom. The van der Waals surface area contributed by atoms with E-state index in [2.05, 4.69) is 18.4 Å². The minimum Gasteiger partial charge on any atom is -0.387 e. The summed E-state index contributed by atoms with van der Waals surface area (Å²) in [6.07, 6.45) is 1.83. The lowest BCUT2D eigenvalue weighted by molar-refractivity contribution is -0.00864. The van der Waals surface area contributed by atoms with Crippen LogP contribution in [0.25, 0.3) is 0 Å². The highest BCUT2D eigenvalue weighted by atomic mass is 32.1. The molecule has 0 amide bonds. The van der Waals surface area contributed by atoms with Crippen LogP contribution in [0.1, 0.15) is 29.4 Å². The monoisotopic (exact) mass is 212 g/mol. The van der Waals surface area contributed by atoms with Crippen LogP contribution in [0.2, 0.25) is 0 Å². The van der Waals surface area contributed by atoms with E-state index >= 15 is 0 Å². The largest absolute Gasteiger partial charge is 0.387 e. The molecule has 2 nitrogen and oxygen atoms in total. The normalized spacial score (nSPS) is 24.9. The topological polar surface area (TPSA) is 29.5 Å². The van der Waals surface area contributed by atoms with Gasteiger partial charge in [-0.05, 0) is 36.8 Å². The molecule has 1 N–H and O–H groups in total. The Morgan fingerprint density at radius 1 is 1.64 bits per heavy atom. The van der Waals surface area contributed by atoms with Crippen molar-refractivity contribution < 1.29 is 9.84 Å². The first kappa shape index (κ1) is 10.1. The molecular formula is C11H16O2S. The fourth-order valence-corrected chi connectivity index (χ4v) is 2.83. The summed E-state index contributed by atoms with van der Waals surface area (Å²) >= 11 is 1.65. The summed E-state index contributed by atoms with van der Waals surface area (Å²) < 4.78 is 5.38. The van der Waals surface area contributed by atoms with Crippen LogP contribution in [-0.2, 0) is 4.74 Å². The van der Waals surface area contributed by atoms with E-state index in [4.69, 9.17) is 4.74 Å². The van der Waals surface area contributed by atoms with Gasteiger partial charge in [-0.1, -0.05) is 0 Å². The molecule has 14 heavy (non-hydrogen) atoms. The van der Waals surface area contributed by atoms with Crippen molar-refractivity contribution >= 4 is 11.3 Å². The van der Waals surface area contributed by atoms with Crippen molar-refractivity contribution in [2.24, 2.45) is 5.92 Å². The van der Waals surface area contributed by atoms with Crippen LogP contribution in [0, 0.1) is 12.8 Å². The Kier molecular flexibility index (Phi) is 3.21.